The average molecular weight is 245 g/mol. The molecule has 0 aliphatic carbocycles. The van der Waals surface area contributed by atoms with Crippen molar-refractivity contribution in [3.05, 3.63) is 42.5 Å². The summed E-state index contributed by atoms with van der Waals surface area (Å²) in [5.74, 6) is 1.56. The number of ether oxygens (including phenoxy) is 2. The fraction of sp³-hybridized carbons (Fsp3) is 0.143. The molecule has 0 spiro atoms. The third-order valence-corrected chi connectivity index (χ3v) is 2.52. The van der Waals surface area contributed by atoms with E-state index in [9.17, 15) is 5.11 Å². The monoisotopic (exact) mass is 245 g/mol. The number of benzene rings is 2. The number of phenolic OH excluding ortho intramolecular Hbond substituents is 1. The zero-order valence-electron chi connectivity index (χ0n) is 10.3. The van der Waals surface area contributed by atoms with E-state index in [4.69, 9.17) is 9.47 Å². The Bertz CT molecular complexity index is 540. The minimum atomic E-state index is 0.223. The lowest BCUT2D eigenvalue weighted by Crippen LogP contribution is -1.94. The standard InChI is InChI=1S/C14H15NO3/c1-17-13-7-6-11(9-14(13)18-2)15-10-4-3-5-12(16)8-10/h3-9,15-16H,1-2H3. The van der Waals surface area contributed by atoms with Crippen LogP contribution < -0.4 is 14.8 Å². The molecule has 4 nitrogen and oxygen atoms in total. The van der Waals surface area contributed by atoms with Gasteiger partial charge >= 0.3 is 0 Å². The lowest BCUT2D eigenvalue weighted by Gasteiger charge is -2.11. The van der Waals surface area contributed by atoms with Crippen LogP contribution in [0.15, 0.2) is 42.5 Å². The number of anilines is 2. The molecule has 0 saturated heterocycles. The minimum Gasteiger partial charge on any atom is -0.508 e. The van der Waals surface area contributed by atoms with E-state index in [0.717, 1.165) is 11.4 Å². The molecule has 0 atom stereocenters. The van der Waals surface area contributed by atoms with Crippen molar-refractivity contribution in [1.29, 1.82) is 0 Å². The quantitative estimate of drug-likeness (QED) is 0.868. The van der Waals surface area contributed by atoms with E-state index in [0.29, 0.717) is 11.5 Å². The lowest BCUT2D eigenvalue weighted by molar-refractivity contribution is 0.355. The molecule has 94 valence electrons. The van der Waals surface area contributed by atoms with Crippen LogP contribution in [0, 0.1) is 0 Å². The van der Waals surface area contributed by atoms with Crippen molar-refractivity contribution >= 4 is 11.4 Å². The number of methoxy groups -OCH3 is 2. The predicted molar refractivity (Wildman–Crippen MR) is 70.9 cm³/mol. The molecule has 0 unspecified atom stereocenters. The molecule has 0 fully saturated rings. The molecule has 0 amide bonds. The van der Waals surface area contributed by atoms with Crippen LogP contribution in [0.5, 0.6) is 17.2 Å². The van der Waals surface area contributed by atoms with Gasteiger partial charge in [-0.05, 0) is 24.3 Å². The molecule has 2 aromatic carbocycles. The third-order valence-electron chi connectivity index (χ3n) is 2.52. The van der Waals surface area contributed by atoms with Crippen molar-refractivity contribution in [2.45, 2.75) is 0 Å². The first-order chi connectivity index (χ1) is 8.72. The minimum absolute atomic E-state index is 0.223. The highest BCUT2D eigenvalue weighted by Crippen LogP contribution is 2.31. The van der Waals surface area contributed by atoms with Crippen molar-refractivity contribution in [3.8, 4) is 17.2 Å². The first-order valence-corrected chi connectivity index (χ1v) is 5.51. The van der Waals surface area contributed by atoms with Crippen LogP contribution >= 0.6 is 0 Å². The summed E-state index contributed by atoms with van der Waals surface area (Å²) in [7, 11) is 3.19. The van der Waals surface area contributed by atoms with Gasteiger partial charge in [0.15, 0.2) is 11.5 Å². The molecule has 2 rings (SSSR count). The zero-order chi connectivity index (χ0) is 13.0. The van der Waals surface area contributed by atoms with Gasteiger partial charge in [0.05, 0.1) is 14.2 Å². The van der Waals surface area contributed by atoms with Gasteiger partial charge in [-0.15, -0.1) is 0 Å². The van der Waals surface area contributed by atoms with Gasteiger partial charge in [0.2, 0.25) is 0 Å². The Morgan fingerprint density at radius 1 is 0.889 bits per heavy atom. The van der Waals surface area contributed by atoms with Crippen LogP contribution in [0.3, 0.4) is 0 Å². The van der Waals surface area contributed by atoms with Crippen LogP contribution in [0.25, 0.3) is 0 Å². The van der Waals surface area contributed by atoms with Crippen molar-refractivity contribution < 1.29 is 14.6 Å². The SMILES string of the molecule is COc1ccc(Nc2cccc(O)c2)cc1OC. The highest BCUT2D eigenvalue weighted by molar-refractivity contribution is 5.64. The Kier molecular flexibility index (Phi) is 3.57. The van der Waals surface area contributed by atoms with Gasteiger partial charge in [-0.1, -0.05) is 6.07 Å². The Labute approximate surface area is 106 Å². The summed E-state index contributed by atoms with van der Waals surface area (Å²) in [6, 6.07) is 12.5. The number of phenols is 1. The second kappa shape index (κ2) is 5.31. The highest BCUT2D eigenvalue weighted by atomic mass is 16.5. The molecule has 0 aliphatic heterocycles. The first-order valence-electron chi connectivity index (χ1n) is 5.51. The Balaban J connectivity index is 2.24. The maximum absolute atomic E-state index is 9.39. The van der Waals surface area contributed by atoms with Gasteiger partial charge < -0.3 is 19.9 Å². The van der Waals surface area contributed by atoms with Gasteiger partial charge in [0, 0.05) is 23.5 Å². The van der Waals surface area contributed by atoms with E-state index in [2.05, 4.69) is 5.32 Å². The van der Waals surface area contributed by atoms with Crippen molar-refractivity contribution in [2.75, 3.05) is 19.5 Å². The van der Waals surface area contributed by atoms with E-state index in [1.807, 2.05) is 24.3 Å². The summed E-state index contributed by atoms with van der Waals surface area (Å²) in [4.78, 5) is 0. The molecule has 2 aromatic rings. The second-order valence-electron chi connectivity index (χ2n) is 3.75. The fourth-order valence-corrected chi connectivity index (χ4v) is 1.66. The Hall–Kier alpha value is -2.36. The molecule has 0 radical (unpaired) electrons. The molecule has 0 aliphatic rings. The van der Waals surface area contributed by atoms with Gasteiger partial charge in [-0.2, -0.15) is 0 Å². The average Bonchev–Trinajstić information content (AvgIpc) is 2.38. The van der Waals surface area contributed by atoms with Crippen molar-refractivity contribution in [3.63, 3.8) is 0 Å². The molecule has 18 heavy (non-hydrogen) atoms. The predicted octanol–water partition coefficient (Wildman–Crippen LogP) is 3.15. The summed E-state index contributed by atoms with van der Waals surface area (Å²) in [5.41, 5.74) is 1.67. The Morgan fingerprint density at radius 2 is 1.61 bits per heavy atom. The number of aromatic hydroxyl groups is 1. The summed E-state index contributed by atoms with van der Waals surface area (Å²) in [6.45, 7) is 0. The van der Waals surface area contributed by atoms with Crippen LogP contribution in [-0.4, -0.2) is 19.3 Å². The highest BCUT2D eigenvalue weighted by Gasteiger charge is 2.04. The molecule has 0 saturated carbocycles. The lowest BCUT2D eigenvalue weighted by atomic mass is 10.2. The number of hydrogen-bond acceptors (Lipinski definition) is 4. The fourth-order valence-electron chi connectivity index (χ4n) is 1.66. The van der Waals surface area contributed by atoms with Gasteiger partial charge in [-0.25, -0.2) is 0 Å². The number of nitrogens with one attached hydrogen (secondary N) is 1. The van der Waals surface area contributed by atoms with E-state index in [1.165, 1.54) is 0 Å². The van der Waals surface area contributed by atoms with Crippen LogP contribution in [0.1, 0.15) is 0 Å². The van der Waals surface area contributed by atoms with E-state index in [-0.39, 0.29) is 5.75 Å². The largest absolute Gasteiger partial charge is 0.508 e. The Morgan fingerprint density at radius 3 is 2.28 bits per heavy atom. The van der Waals surface area contributed by atoms with Gasteiger partial charge in [0.25, 0.3) is 0 Å². The molecule has 0 aromatic heterocycles. The van der Waals surface area contributed by atoms with Crippen molar-refractivity contribution in [2.24, 2.45) is 0 Å². The molecule has 4 heteroatoms. The topological polar surface area (TPSA) is 50.7 Å². The molecular formula is C14H15NO3. The summed E-state index contributed by atoms with van der Waals surface area (Å²) >= 11 is 0. The van der Waals surface area contributed by atoms with Crippen molar-refractivity contribution in [1.82, 2.24) is 0 Å². The maximum atomic E-state index is 9.39. The smallest absolute Gasteiger partial charge is 0.162 e. The van der Waals surface area contributed by atoms with Gasteiger partial charge in [-0.3, -0.25) is 0 Å². The zero-order valence-corrected chi connectivity index (χ0v) is 10.3. The van der Waals surface area contributed by atoms with Crippen LogP contribution in [0.4, 0.5) is 11.4 Å². The van der Waals surface area contributed by atoms with E-state index in [1.54, 1.807) is 32.4 Å². The first kappa shape index (κ1) is 12.1. The molecule has 0 bridgehead atoms. The summed E-state index contributed by atoms with van der Waals surface area (Å²) in [5, 5.41) is 12.6. The van der Waals surface area contributed by atoms with E-state index < -0.39 is 0 Å². The van der Waals surface area contributed by atoms with Crippen LogP contribution in [-0.2, 0) is 0 Å². The third kappa shape index (κ3) is 2.66. The second-order valence-corrected chi connectivity index (χ2v) is 3.75. The number of rotatable bonds is 4. The van der Waals surface area contributed by atoms with Crippen LogP contribution in [0.2, 0.25) is 0 Å². The summed E-state index contributed by atoms with van der Waals surface area (Å²) in [6.07, 6.45) is 0. The van der Waals surface area contributed by atoms with Gasteiger partial charge in [0.1, 0.15) is 5.75 Å². The molecule has 2 N–H and O–H groups in total. The molecular weight excluding hydrogens is 230 g/mol. The maximum Gasteiger partial charge on any atom is 0.162 e. The molecule has 0 heterocycles. The summed E-state index contributed by atoms with van der Waals surface area (Å²) < 4.78 is 10.4. The van der Waals surface area contributed by atoms with E-state index >= 15 is 0 Å². The number of hydrogen-bond donors (Lipinski definition) is 2. The normalized spacial score (nSPS) is 9.89.